The first-order chi connectivity index (χ1) is 16.5. The second-order valence-corrected chi connectivity index (χ2v) is 9.99. The molecule has 2 aromatic rings. The van der Waals surface area contributed by atoms with E-state index >= 15 is 0 Å². The number of amides is 1. The van der Waals surface area contributed by atoms with E-state index in [1.807, 2.05) is 24.0 Å². The SMILES string of the molecule is CCCCC(Sc1nc(CC)cc(=O)n1C)C(=O)N1CCN(Cc2ccc3c(c2)OCO3)CC1. The zero-order chi connectivity index (χ0) is 24.1. The molecule has 1 amide bonds. The summed E-state index contributed by atoms with van der Waals surface area (Å²) in [5.41, 5.74) is 1.88. The van der Waals surface area contributed by atoms with Crippen molar-refractivity contribution in [1.29, 1.82) is 0 Å². The minimum absolute atomic E-state index is 0.0758. The Bertz CT molecular complexity index is 1070. The van der Waals surface area contributed by atoms with E-state index in [0.29, 0.717) is 24.7 Å². The third-order valence-corrected chi connectivity index (χ3v) is 7.68. The van der Waals surface area contributed by atoms with Crippen molar-refractivity contribution in [2.75, 3.05) is 33.0 Å². The number of rotatable bonds is 9. The lowest BCUT2D eigenvalue weighted by Gasteiger charge is -2.36. The monoisotopic (exact) mass is 486 g/mol. The number of nitrogens with zero attached hydrogens (tertiary/aromatic N) is 4. The van der Waals surface area contributed by atoms with Crippen LogP contribution >= 0.6 is 11.8 Å². The second kappa shape index (κ2) is 11.3. The fraction of sp³-hybridized carbons (Fsp3) is 0.560. The lowest BCUT2D eigenvalue weighted by molar-refractivity contribution is -0.132. The van der Waals surface area contributed by atoms with Gasteiger partial charge in [-0.15, -0.1) is 0 Å². The largest absolute Gasteiger partial charge is 0.454 e. The molecule has 3 heterocycles. The number of unbranched alkanes of at least 4 members (excludes halogenated alkanes) is 1. The summed E-state index contributed by atoms with van der Waals surface area (Å²) in [7, 11) is 1.73. The van der Waals surface area contributed by atoms with Crippen molar-refractivity contribution >= 4 is 17.7 Å². The molecule has 1 fully saturated rings. The van der Waals surface area contributed by atoms with Crippen LogP contribution in [0, 0.1) is 0 Å². The van der Waals surface area contributed by atoms with Gasteiger partial charge in [0.1, 0.15) is 0 Å². The Morgan fingerprint density at radius 3 is 2.62 bits per heavy atom. The summed E-state index contributed by atoms with van der Waals surface area (Å²) in [6, 6.07) is 7.65. The van der Waals surface area contributed by atoms with Crippen LogP contribution in [0.2, 0.25) is 0 Å². The third kappa shape index (κ3) is 5.75. The Balaban J connectivity index is 1.38. The van der Waals surface area contributed by atoms with Crippen molar-refractivity contribution in [2.24, 2.45) is 7.05 Å². The Hall–Kier alpha value is -2.52. The van der Waals surface area contributed by atoms with E-state index in [9.17, 15) is 9.59 Å². The fourth-order valence-electron chi connectivity index (χ4n) is 4.23. The number of hydrogen-bond donors (Lipinski definition) is 0. The van der Waals surface area contributed by atoms with Gasteiger partial charge in [0.25, 0.3) is 5.56 Å². The van der Waals surface area contributed by atoms with Crippen LogP contribution < -0.4 is 15.0 Å². The number of ether oxygens (including phenoxy) is 2. The highest BCUT2D eigenvalue weighted by Crippen LogP contribution is 2.33. The zero-order valence-electron chi connectivity index (χ0n) is 20.3. The molecule has 0 aliphatic carbocycles. The highest BCUT2D eigenvalue weighted by atomic mass is 32.2. The summed E-state index contributed by atoms with van der Waals surface area (Å²) in [5.74, 6) is 1.75. The van der Waals surface area contributed by atoms with Crippen LogP contribution in [-0.2, 0) is 24.8 Å². The van der Waals surface area contributed by atoms with Crippen LogP contribution in [-0.4, -0.2) is 63.5 Å². The van der Waals surface area contributed by atoms with Gasteiger partial charge in [0.2, 0.25) is 12.7 Å². The number of thioether (sulfide) groups is 1. The fourth-order valence-corrected chi connectivity index (χ4v) is 5.43. The molecule has 184 valence electrons. The molecule has 4 rings (SSSR count). The van der Waals surface area contributed by atoms with Crippen molar-refractivity contribution in [1.82, 2.24) is 19.4 Å². The molecule has 8 nitrogen and oxygen atoms in total. The van der Waals surface area contributed by atoms with E-state index in [2.05, 4.69) is 22.9 Å². The minimum Gasteiger partial charge on any atom is -0.454 e. The first-order valence-corrected chi connectivity index (χ1v) is 13.0. The number of carbonyl (C=O) groups is 1. The van der Waals surface area contributed by atoms with Crippen molar-refractivity contribution in [3.8, 4) is 11.5 Å². The molecule has 0 bridgehead atoms. The Labute approximate surface area is 205 Å². The molecule has 1 saturated heterocycles. The van der Waals surface area contributed by atoms with Crippen molar-refractivity contribution in [3.05, 3.63) is 45.9 Å². The number of hydrogen-bond acceptors (Lipinski definition) is 7. The van der Waals surface area contributed by atoms with Crippen LogP contribution in [0.3, 0.4) is 0 Å². The number of aromatic nitrogens is 2. The van der Waals surface area contributed by atoms with Gasteiger partial charge in [-0.25, -0.2) is 4.98 Å². The molecule has 0 N–H and O–H groups in total. The molecule has 1 aromatic heterocycles. The smallest absolute Gasteiger partial charge is 0.254 e. The van der Waals surface area contributed by atoms with Crippen LogP contribution in [0.25, 0.3) is 0 Å². The van der Waals surface area contributed by atoms with Crippen molar-refractivity contribution in [3.63, 3.8) is 0 Å². The summed E-state index contributed by atoms with van der Waals surface area (Å²) in [5, 5.41) is 0.394. The van der Waals surface area contributed by atoms with Gasteiger partial charge in [-0.2, -0.15) is 0 Å². The molecule has 1 aromatic carbocycles. The Morgan fingerprint density at radius 1 is 1.12 bits per heavy atom. The van der Waals surface area contributed by atoms with Crippen LogP contribution in [0.4, 0.5) is 0 Å². The summed E-state index contributed by atoms with van der Waals surface area (Å²) in [4.78, 5) is 34.8. The summed E-state index contributed by atoms with van der Waals surface area (Å²) >= 11 is 1.44. The first-order valence-electron chi connectivity index (χ1n) is 12.1. The molecule has 9 heteroatoms. The highest BCUT2D eigenvalue weighted by molar-refractivity contribution is 8.00. The second-order valence-electron chi connectivity index (χ2n) is 8.82. The molecule has 2 aliphatic heterocycles. The molecule has 1 unspecified atom stereocenters. The lowest BCUT2D eigenvalue weighted by Crippen LogP contribution is -2.50. The minimum atomic E-state index is -0.231. The van der Waals surface area contributed by atoms with Crippen molar-refractivity contribution < 1.29 is 14.3 Å². The van der Waals surface area contributed by atoms with Crippen LogP contribution in [0.5, 0.6) is 11.5 Å². The molecule has 34 heavy (non-hydrogen) atoms. The highest BCUT2D eigenvalue weighted by Gasteiger charge is 2.29. The van der Waals surface area contributed by atoms with E-state index < -0.39 is 0 Å². The number of aryl methyl sites for hydroxylation is 1. The van der Waals surface area contributed by atoms with Crippen LogP contribution in [0.1, 0.15) is 44.4 Å². The predicted octanol–water partition coefficient (Wildman–Crippen LogP) is 3.07. The van der Waals surface area contributed by atoms with Gasteiger partial charge in [-0.3, -0.25) is 19.1 Å². The molecule has 2 aliphatic rings. The van der Waals surface area contributed by atoms with Gasteiger partial charge in [-0.05, 0) is 30.5 Å². The van der Waals surface area contributed by atoms with E-state index in [1.54, 1.807) is 17.7 Å². The quantitative estimate of drug-likeness (QED) is 0.398. The Morgan fingerprint density at radius 2 is 1.88 bits per heavy atom. The standard InChI is InChI=1S/C25H34N4O4S/c1-4-6-7-22(34-25-26-19(5-2)15-23(30)27(25)3)24(31)29-12-10-28(11-13-29)16-18-8-9-20-21(14-18)33-17-32-20/h8-9,14-15,22H,4-7,10-13,16-17H2,1-3H3. The van der Waals surface area contributed by atoms with Crippen LogP contribution in [0.15, 0.2) is 34.2 Å². The first kappa shape index (κ1) is 24.6. The average Bonchev–Trinajstić information content (AvgIpc) is 3.32. The van der Waals surface area contributed by atoms with Gasteiger partial charge in [0.05, 0.1) is 5.25 Å². The average molecular weight is 487 g/mol. The molecular formula is C25H34N4O4S. The van der Waals surface area contributed by atoms with Gasteiger partial charge in [0.15, 0.2) is 16.7 Å². The Kier molecular flexibility index (Phi) is 8.15. The van der Waals surface area contributed by atoms with Gasteiger partial charge in [-0.1, -0.05) is 44.5 Å². The maximum absolute atomic E-state index is 13.5. The topological polar surface area (TPSA) is 76.9 Å². The molecular weight excluding hydrogens is 452 g/mol. The summed E-state index contributed by atoms with van der Waals surface area (Å²) in [6.07, 6.45) is 3.47. The maximum atomic E-state index is 13.5. The number of fused-ring (bicyclic) bond motifs is 1. The number of carbonyl (C=O) groups excluding carboxylic acids is 1. The molecule has 0 saturated carbocycles. The normalized spacial score (nSPS) is 16.6. The zero-order valence-corrected chi connectivity index (χ0v) is 21.1. The summed E-state index contributed by atoms with van der Waals surface area (Å²) in [6.45, 7) is 8.28. The number of piperazine rings is 1. The van der Waals surface area contributed by atoms with Gasteiger partial charge in [0, 0.05) is 51.5 Å². The molecule has 0 radical (unpaired) electrons. The molecule has 0 spiro atoms. The van der Waals surface area contributed by atoms with E-state index in [4.69, 9.17) is 9.47 Å². The number of benzene rings is 1. The van der Waals surface area contributed by atoms with Gasteiger partial charge >= 0.3 is 0 Å². The van der Waals surface area contributed by atoms with E-state index in [-0.39, 0.29) is 23.5 Å². The third-order valence-electron chi connectivity index (χ3n) is 6.38. The predicted molar refractivity (Wildman–Crippen MR) is 132 cm³/mol. The molecule has 1 atom stereocenters. The van der Waals surface area contributed by atoms with E-state index in [1.165, 1.54) is 17.3 Å². The lowest BCUT2D eigenvalue weighted by atomic mass is 10.1. The van der Waals surface area contributed by atoms with E-state index in [0.717, 1.165) is 56.1 Å². The van der Waals surface area contributed by atoms with Gasteiger partial charge < -0.3 is 14.4 Å². The van der Waals surface area contributed by atoms with Crippen molar-refractivity contribution in [2.45, 2.75) is 56.5 Å². The maximum Gasteiger partial charge on any atom is 0.254 e. The summed E-state index contributed by atoms with van der Waals surface area (Å²) < 4.78 is 12.4.